The van der Waals surface area contributed by atoms with Crippen molar-refractivity contribution in [2.45, 2.75) is 6.42 Å². The fourth-order valence-electron chi connectivity index (χ4n) is 2.19. The van der Waals surface area contributed by atoms with Gasteiger partial charge in [-0.3, -0.25) is 4.99 Å². The normalized spacial score (nSPS) is 13.9. The van der Waals surface area contributed by atoms with Crippen molar-refractivity contribution in [1.82, 2.24) is 5.32 Å². The van der Waals surface area contributed by atoms with Crippen molar-refractivity contribution in [3.63, 3.8) is 0 Å². The Morgan fingerprint density at radius 2 is 2.28 bits per heavy atom. The van der Waals surface area contributed by atoms with Gasteiger partial charge < -0.3 is 14.5 Å². The molecular weight excluding hydrogens is 252 g/mol. The van der Waals surface area contributed by atoms with Gasteiger partial charge in [0.1, 0.15) is 17.2 Å². The van der Waals surface area contributed by atoms with Gasteiger partial charge in [0, 0.05) is 18.5 Å². The number of hydrogen-bond donors (Lipinski definition) is 1. The number of halogens is 1. The quantitative estimate of drug-likeness (QED) is 0.928. The molecule has 1 aliphatic heterocycles. The summed E-state index contributed by atoms with van der Waals surface area (Å²) in [6, 6.07) is 5.94. The maximum atomic E-state index is 5.48. The number of amidine groups is 1. The molecule has 0 fully saturated rings. The Balaban J connectivity index is 0.00000120. The lowest BCUT2D eigenvalue weighted by Gasteiger charge is -2.09. The van der Waals surface area contributed by atoms with Gasteiger partial charge in [-0.1, -0.05) is 6.07 Å². The van der Waals surface area contributed by atoms with Crippen LogP contribution in [-0.2, 0) is 6.42 Å². The molecule has 0 saturated heterocycles. The number of hydrogen-bond acceptors (Lipinski definition) is 4. The zero-order chi connectivity index (χ0) is 11.7. The van der Waals surface area contributed by atoms with Crippen LogP contribution in [0.5, 0.6) is 5.75 Å². The molecule has 3 rings (SSSR count). The van der Waals surface area contributed by atoms with Gasteiger partial charge >= 0.3 is 0 Å². The van der Waals surface area contributed by atoms with Crippen LogP contribution in [0.1, 0.15) is 5.56 Å². The van der Waals surface area contributed by atoms with Gasteiger partial charge in [-0.25, -0.2) is 0 Å². The minimum atomic E-state index is 0. The smallest absolute Gasteiger partial charge is 0.137 e. The summed E-state index contributed by atoms with van der Waals surface area (Å²) in [7, 11) is 1.69. The van der Waals surface area contributed by atoms with Crippen molar-refractivity contribution in [3.8, 4) is 5.75 Å². The second kappa shape index (κ2) is 5.31. The fraction of sp³-hybridized carbons (Fsp3) is 0.308. The number of methoxy groups -OCH3 is 1. The number of benzene rings is 1. The molecule has 18 heavy (non-hydrogen) atoms. The third-order valence-corrected chi connectivity index (χ3v) is 2.97. The lowest BCUT2D eigenvalue weighted by molar-refractivity contribution is 0.416. The molecule has 1 aliphatic rings. The van der Waals surface area contributed by atoms with Crippen molar-refractivity contribution in [2.75, 3.05) is 20.2 Å². The van der Waals surface area contributed by atoms with Crippen molar-refractivity contribution >= 4 is 29.2 Å². The highest BCUT2D eigenvalue weighted by Gasteiger charge is 2.13. The van der Waals surface area contributed by atoms with Crippen LogP contribution in [-0.4, -0.2) is 26.0 Å². The molecule has 0 atom stereocenters. The first-order chi connectivity index (χ1) is 8.38. The van der Waals surface area contributed by atoms with Gasteiger partial charge in [0.05, 0.1) is 25.3 Å². The number of nitrogens with one attached hydrogen (secondary N) is 1. The molecule has 0 radical (unpaired) electrons. The van der Waals surface area contributed by atoms with Crippen LogP contribution in [0, 0.1) is 0 Å². The Labute approximate surface area is 111 Å². The predicted molar refractivity (Wildman–Crippen MR) is 74.0 cm³/mol. The molecule has 0 spiro atoms. The average Bonchev–Trinajstić information content (AvgIpc) is 2.98. The molecule has 0 aliphatic carbocycles. The minimum Gasteiger partial charge on any atom is -0.496 e. The summed E-state index contributed by atoms with van der Waals surface area (Å²) in [4.78, 5) is 4.40. The lowest BCUT2D eigenvalue weighted by atomic mass is 10.1. The highest BCUT2D eigenvalue weighted by molar-refractivity contribution is 5.90. The summed E-state index contributed by atoms with van der Waals surface area (Å²) in [5.74, 6) is 1.92. The van der Waals surface area contributed by atoms with Gasteiger partial charge in [-0.2, -0.15) is 0 Å². The van der Waals surface area contributed by atoms with E-state index in [1.54, 1.807) is 13.4 Å². The molecular formula is C13H15ClN2O2. The minimum absolute atomic E-state index is 0. The van der Waals surface area contributed by atoms with Crippen molar-refractivity contribution < 1.29 is 9.15 Å². The van der Waals surface area contributed by atoms with E-state index in [4.69, 9.17) is 9.15 Å². The molecule has 0 saturated carbocycles. The van der Waals surface area contributed by atoms with Crippen molar-refractivity contribution in [3.05, 3.63) is 30.0 Å². The zero-order valence-electron chi connectivity index (χ0n) is 10.1. The van der Waals surface area contributed by atoms with Gasteiger partial charge in [-0.05, 0) is 12.1 Å². The van der Waals surface area contributed by atoms with E-state index in [0.717, 1.165) is 47.6 Å². The van der Waals surface area contributed by atoms with E-state index in [2.05, 4.69) is 10.3 Å². The van der Waals surface area contributed by atoms with E-state index >= 15 is 0 Å². The fourth-order valence-corrected chi connectivity index (χ4v) is 2.19. The first-order valence-corrected chi connectivity index (χ1v) is 5.69. The molecule has 5 heteroatoms. The van der Waals surface area contributed by atoms with Crippen LogP contribution in [0.2, 0.25) is 0 Å². The molecule has 1 aromatic carbocycles. The van der Waals surface area contributed by atoms with E-state index in [-0.39, 0.29) is 12.4 Å². The van der Waals surface area contributed by atoms with Gasteiger partial charge in [0.2, 0.25) is 0 Å². The highest BCUT2D eigenvalue weighted by Crippen LogP contribution is 2.30. The zero-order valence-corrected chi connectivity index (χ0v) is 10.9. The molecule has 4 nitrogen and oxygen atoms in total. The van der Waals surface area contributed by atoms with Crippen molar-refractivity contribution in [2.24, 2.45) is 4.99 Å². The molecule has 0 bridgehead atoms. The van der Waals surface area contributed by atoms with Crippen LogP contribution in [0.15, 0.2) is 33.9 Å². The maximum Gasteiger partial charge on any atom is 0.137 e. The second-order valence-electron chi connectivity index (χ2n) is 4.02. The number of nitrogens with zero attached hydrogens (tertiary/aromatic N) is 1. The molecule has 2 heterocycles. The summed E-state index contributed by atoms with van der Waals surface area (Å²) >= 11 is 0. The predicted octanol–water partition coefficient (Wildman–Crippen LogP) is 2.41. The summed E-state index contributed by atoms with van der Waals surface area (Å²) < 4.78 is 10.8. The topological polar surface area (TPSA) is 46.8 Å². The van der Waals surface area contributed by atoms with Gasteiger partial charge in [-0.15, -0.1) is 12.4 Å². The summed E-state index contributed by atoms with van der Waals surface area (Å²) in [6.07, 6.45) is 2.46. The first kappa shape index (κ1) is 12.8. The van der Waals surface area contributed by atoms with Gasteiger partial charge in [0.15, 0.2) is 0 Å². The van der Waals surface area contributed by atoms with E-state index in [0.29, 0.717) is 0 Å². The highest BCUT2D eigenvalue weighted by atomic mass is 35.5. The third-order valence-electron chi connectivity index (χ3n) is 2.97. The lowest BCUT2D eigenvalue weighted by Crippen LogP contribution is -2.20. The number of rotatable bonds is 3. The second-order valence-corrected chi connectivity index (χ2v) is 4.02. The molecule has 0 unspecified atom stereocenters. The Morgan fingerprint density at radius 1 is 1.39 bits per heavy atom. The SMILES string of the molecule is COc1c(CC2=NCCN2)ccc2occc12.Cl. The first-order valence-electron chi connectivity index (χ1n) is 5.69. The number of furan rings is 1. The van der Waals surface area contributed by atoms with Crippen molar-refractivity contribution in [1.29, 1.82) is 0 Å². The molecule has 2 aromatic rings. The van der Waals surface area contributed by atoms with Crippen LogP contribution < -0.4 is 10.1 Å². The molecule has 96 valence electrons. The number of ether oxygens (including phenoxy) is 1. The Bertz CT molecular complexity index is 577. The molecule has 1 aromatic heterocycles. The standard InChI is InChI=1S/C13H14N2O2.ClH/c1-16-13-9(8-12-14-5-6-15-12)2-3-11-10(13)4-7-17-11;/h2-4,7H,5-6,8H2,1H3,(H,14,15);1H. The summed E-state index contributed by atoms with van der Waals surface area (Å²) in [5, 5.41) is 4.29. The summed E-state index contributed by atoms with van der Waals surface area (Å²) in [5.41, 5.74) is 1.99. The van der Waals surface area contributed by atoms with Crippen LogP contribution in [0.3, 0.4) is 0 Å². The van der Waals surface area contributed by atoms with E-state index in [9.17, 15) is 0 Å². The van der Waals surface area contributed by atoms with Gasteiger partial charge in [0.25, 0.3) is 0 Å². The van der Waals surface area contributed by atoms with E-state index < -0.39 is 0 Å². The van der Waals surface area contributed by atoms with E-state index in [1.165, 1.54) is 0 Å². The van der Waals surface area contributed by atoms with Crippen LogP contribution in [0.4, 0.5) is 0 Å². The van der Waals surface area contributed by atoms with Crippen LogP contribution >= 0.6 is 12.4 Å². The monoisotopic (exact) mass is 266 g/mol. The Morgan fingerprint density at radius 3 is 3.00 bits per heavy atom. The molecule has 0 amide bonds. The van der Waals surface area contributed by atoms with E-state index in [1.807, 2.05) is 18.2 Å². The Kier molecular flexibility index (Phi) is 3.77. The molecule has 1 N–H and O–H groups in total. The number of aliphatic imine (C=N–C) groups is 1. The average molecular weight is 267 g/mol. The third kappa shape index (κ3) is 2.16. The van der Waals surface area contributed by atoms with Crippen LogP contribution in [0.25, 0.3) is 11.0 Å². The Hall–Kier alpha value is -1.68. The maximum absolute atomic E-state index is 5.48. The largest absolute Gasteiger partial charge is 0.496 e. The summed E-state index contributed by atoms with van der Waals surface area (Å²) in [6.45, 7) is 1.80. The number of fused-ring (bicyclic) bond motifs is 1.